The normalized spacial score (nSPS) is 16.6. The minimum absolute atomic E-state index is 0.0662. The Kier molecular flexibility index (Phi) is 29.5. The molecule has 2 aliphatic carbocycles. The van der Waals surface area contributed by atoms with E-state index in [2.05, 4.69) is 0 Å². The topological polar surface area (TPSA) is 181 Å². The molecule has 12 aromatic carbocycles. The number of hydroxylamine groups is 8. The molecular weight excluding hydrogens is 1470 g/mol. The van der Waals surface area contributed by atoms with E-state index in [1.807, 2.05) is 364 Å². The lowest BCUT2D eigenvalue weighted by molar-refractivity contribution is -0.214. The molecular formula is C104H108N4O10. The van der Waals surface area contributed by atoms with Gasteiger partial charge in [-0.15, -0.1) is 0 Å². The highest BCUT2D eigenvalue weighted by Gasteiger charge is 2.49. The Labute approximate surface area is 695 Å². The van der Waals surface area contributed by atoms with Gasteiger partial charge in [0.15, 0.2) is 0 Å². The fraction of sp³-hybridized carbons (Fsp3) is 0.269. The van der Waals surface area contributed by atoms with E-state index in [4.69, 9.17) is 9.47 Å². The van der Waals surface area contributed by atoms with Gasteiger partial charge in [0.1, 0.15) is 0 Å². The van der Waals surface area contributed by atoms with E-state index in [9.17, 15) is 40.0 Å². The molecule has 0 spiro atoms. The first kappa shape index (κ1) is 84.2. The summed E-state index contributed by atoms with van der Waals surface area (Å²) in [6, 6.07) is 116. The van der Waals surface area contributed by atoms with Crippen LogP contribution in [0.25, 0.3) is 0 Å². The fourth-order valence-corrected chi connectivity index (χ4v) is 18.2. The van der Waals surface area contributed by atoms with Crippen molar-refractivity contribution in [3.8, 4) is 0 Å². The molecule has 4 N–H and O–H groups in total. The molecule has 2 saturated carbocycles. The highest BCUT2D eigenvalue weighted by atomic mass is 16.5. The number of ether oxygens (including phenoxy) is 2. The molecule has 4 amide bonds. The van der Waals surface area contributed by atoms with Gasteiger partial charge in [0.05, 0.1) is 45.8 Å². The lowest BCUT2D eigenvalue weighted by atomic mass is 9.67. The van der Waals surface area contributed by atoms with E-state index >= 15 is 0 Å². The summed E-state index contributed by atoms with van der Waals surface area (Å²) in [6.45, 7) is 4.00. The van der Waals surface area contributed by atoms with Crippen LogP contribution in [0.4, 0.5) is 0 Å². The molecule has 4 atom stereocenters. The highest BCUT2D eigenvalue weighted by molar-refractivity contribution is 5.83. The maximum absolute atomic E-state index is 14.6. The van der Waals surface area contributed by atoms with Crippen molar-refractivity contribution in [1.82, 2.24) is 20.3 Å². The van der Waals surface area contributed by atoms with E-state index < -0.39 is 69.5 Å². The largest absolute Gasteiger partial charge is 0.381 e. The predicted octanol–water partition coefficient (Wildman–Crippen LogP) is 20.8. The van der Waals surface area contributed by atoms with Gasteiger partial charge in [0, 0.05) is 52.1 Å². The number of benzene rings is 12. The van der Waals surface area contributed by atoms with Gasteiger partial charge in [-0.25, -0.2) is 20.3 Å². The van der Waals surface area contributed by atoms with Gasteiger partial charge in [0.2, 0.25) is 23.6 Å². The number of rotatable bonds is 24. The third-order valence-electron chi connectivity index (χ3n) is 24.2. The summed E-state index contributed by atoms with van der Waals surface area (Å²) in [5.41, 5.74) is 7.37. The summed E-state index contributed by atoms with van der Waals surface area (Å²) in [5, 5.41) is 51.0. The zero-order valence-corrected chi connectivity index (χ0v) is 67.1. The summed E-state index contributed by atoms with van der Waals surface area (Å²) in [7, 11) is 0. The summed E-state index contributed by atoms with van der Waals surface area (Å²) < 4.78 is 9.89. The van der Waals surface area contributed by atoms with E-state index in [1.165, 1.54) is 25.7 Å². The number of hydrogen-bond acceptors (Lipinski definition) is 10. The average Bonchev–Trinajstić information content (AvgIpc) is 1.07. The van der Waals surface area contributed by atoms with Gasteiger partial charge in [-0.1, -0.05) is 390 Å². The molecule has 4 aliphatic rings. The Bertz CT molecular complexity index is 3980. The number of carbonyl (C=O) groups excluding carboxylic acids is 4. The fourth-order valence-electron chi connectivity index (χ4n) is 18.2. The van der Waals surface area contributed by atoms with E-state index in [0.29, 0.717) is 25.7 Å². The molecule has 14 nitrogen and oxygen atoms in total. The molecule has 604 valence electrons. The number of amides is 4. The second-order valence-electron chi connectivity index (χ2n) is 31.2. The molecule has 0 radical (unpaired) electrons. The molecule has 4 fully saturated rings. The maximum Gasteiger partial charge on any atom is 0.247 e. The van der Waals surface area contributed by atoms with Crippen LogP contribution in [0.15, 0.2) is 364 Å². The summed E-state index contributed by atoms with van der Waals surface area (Å²) >= 11 is 0. The summed E-state index contributed by atoms with van der Waals surface area (Å²) in [4.78, 5) is 58.4. The van der Waals surface area contributed by atoms with Crippen molar-refractivity contribution in [2.75, 3.05) is 26.4 Å². The van der Waals surface area contributed by atoms with Crippen LogP contribution in [0.5, 0.6) is 0 Å². The van der Waals surface area contributed by atoms with Crippen molar-refractivity contribution in [3.05, 3.63) is 431 Å². The van der Waals surface area contributed by atoms with Crippen LogP contribution in [0, 0.1) is 0 Å². The Balaban J connectivity index is 0.000000182. The van der Waals surface area contributed by atoms with Gasteiger partial charge in [-0.05, 0) is 118 Å². The van der Waals surface area contributed by atoms with Crippen LogP contribution < -0.4 is 0 Å². The molecule has 12 aromatic rings. The Hall–Kier alpha value is -11.7. The SMILES string of the molecule is C1CCOC1.C1CCOC1.O=C(CC(c1ccccc1)(c1ccccc1)c1ccccc1)N(O)[C@@H]1CCCC[C@H]1N(O)C(=O)CC(c1ccccc1)(c1ccccc1)c1ccccc1.O=C(CC(c1ccccc1)(c1ccccc1)c1ccccc1)N(O)[C@@H]1CCCC[C@H]1N(O)C(=O)CC(c1ccccc1)(c1ccccc1)c1ccccc1. The summed E-state index contributed by atoms with van der Waals surface area (Å²) in [6.07, 6.45) is 9.59. The van der Waals surface area contributed by atoms with Crippen LogP contribution >= 0.6 is 0 Å². The lowest BCUT2D eigenvalue weighted by Crippen LogP contribution is -2.56. The molecule has 16 rings (SSSR count). The molecule has 2 aliphatic heterocycles. The molecule has 2 heterocycles. The monoisotopic (exact) mass is 1570 g/mol. The smallest absolute Gasteiger partial charge is 0.247 e. The van der Waals surface area contributed by atoms with Crippen LogP contribution in [-0.4, -0.2) is 115 Å². The molecule has 0 bridgehead atoms. The minimum atomic E-state index is -0.915. The zero-order chi connectivity index (χ0) is 81.8. The maximum atomic E-state index is 14.6. The molecule has 118 heavy (non-hydrogen) atoms. The number of hydrogen-bond donors (Lipinski definition) is 4. The van der Waals surface area contributed by atoms with Gasteiger partial charge in [-0.3, -0.25) is 40.0 Å². The van der Waals surface area contributed by atoms with Crippen LogP contribution in [-0.2, 0) is 50.3 Å². The van der Waals surface area contributed by atoms with E-state index in [1.54, 1.807) is 0 Å². The first-order valence-electron chi connectivity index (χ1n) is 41.8. The van der Waals surface area contributed by atoms with Crippen molar-refractivity contribution >= 4 is 23.6 Å². The van der Waals surface area contributed by atoms with Crippen molar-refractivity contribution in [3.63, 3.8) is 0 Å². The quantitative estimate of drug-likeness (QED) is 0.0258. The predicted molar refractivity (Wildman–Crippen MR) is 462 cm³/mol. The Morgan fingerprint density at radius 1 is 0.212 bits per heavy atom. The molecule has 2 saturated heterocycles. The third kappa shape index (κ3) is 19.3. The summed E-state index contributed by atoms with van der Waals surface area (Å²) in [5.74, 6) is -1.96. The Morgan fingerprint density at radius 3 is 0.432 bits per heavy atom. The van der Waals surface area contributed by atoms with E-state index in [-0.39, 0.29) is 25.7 Å². The Morgan fingerprint density at radius 2 is 0.331 bits per heavy atom. The average molecular weight is 1570 g/mol. The number of nitrogens with zero attached hydrogens (tertiary/aromatic N) is 4. The first-order valence-corrected chi connectivity index (χ1v) is 41.8. The van der Waals surface area contributed by atoms with Crippen LogP contribution in [0.1, 0.15) is 169 Å². The standard InChI is InChI=1S/2C48H46N2O4.2C4H8O/c2*51-45(35-47(37-21-7-1-8-22-37,38-23-9-2-10-24-38)39-25-11-3-12-26-39)49(53)43-33-19-20-34-44(43)50(54)46(52)36-48(40-27-13-4-14-28-40,41-29-15-5-16-30-41)42-31-17-6-18-32-42;2*1-2-4-5-3-1/h2*1-18,21-32,43-44,53-54H,19-20,33-36H2;2*1-4H2/t2*43-,44-;;/m11../s1. The van der Waals surface area contributed by atoms with Gasteiger partial charge >= 0.3 is 0 Å². The third-order valence-corrected chi connectivity index (χ3v) is 24.2. The second-order valence-corrected chi connectivity index (χ2v) is 31.2. The highest BCUT2D eigenvalue weighted by Crippen LogP contribution is 2.48. The van der Waals surface area contributed by atoms with Crippen molar-refractivity contribution in [2.24, 2.45) is 0 Å². The minimum Gasteiger partial charge on any atom is -0.381 e. The van der Waals surface area contributed by atoms with Crippen molar-refractivity contribution < 1.29 is 49.5 Å². The lowest BCUT2D eigenvalue weighted by Gasteiger charge is -2.43. The molecule has 0 aromatic heterocycles. The van der Waals surface area contributed by atoms with Crippen molar-refractivity contribution in [2.45, 2.75) is 149 Å². The van der Waals surface area contributed by atoms with Crippen LogP contribution in [0.3, 0.4) is 0 Å². The van der Waals surface area contributed by atoms with E-state index in [0.717, 1.165) is 139 Å². The van der Waals surface area contributed by atoms with Crippen molar-refractivity contribution in [1.29, 1.82) is 0 Å². The van der Waals surface area contributed by atoms with Gasteiger partial charge in [0.25, 0.3) is 0 Å². The van der Waals surface area contributed by atoms with Gasteiger partial charge < -0.3 is 9.47 Å². The first-order chi connectivity index (χ1) is 57.9. The molecule has 0 unspecified atom stereocenters. The van der Waals surface area contributed by atoms with Gasteiger partial charge in [-0.2, -0.15) is 0 Å². The zero-order valence-electron chi connectivity index (χ0n) is 67.1. The van der Waals surface area contributed by atoms with Crippen LogP contribution in [0.2, 0.25) is 0 Å². The second kappa shape index (κ2) is 41.4. The molecule has 14 heteroatoms. The number of carbonyl (C=O) groups is 4.